The Bertz CT molecular complexity index is 3300. The Hall–Kier alpha value is -6.44. The van der Waals surface area contributed by atoms with Crippen molar-refractivity contribution in [3.05, 3.63) is 182 Å². The lowest BCUT2D eigenvalue weighted by Crippen LogP contribution is -1.91. The van der Waals surface area contributed by atoms with Crippen molar-refractivity contribution < 1.29 is 16.8 Å². The molecule has 0 aliphatic heterocycles. The van der Waals surface area contributed by atoms with Gasteiger partial charge in [0.2, 0.25) is 0 Å². The van der Waals surface area contributed by atoms with E-state index in [-0.39, 0.29) is 28.8 Å². The first-order valence-corrected chi connectivity index (χ1v) is 16.1. The van der Waals surface area contributed by atoms with Crippen molar-refractivity contribution in [2.45, 2.75) is 0 Å². The van der Waals surface area contributed by atoms with Gasteiger partial charge in [0.25, 0.3) is 0 Å². The second-order valence-electron chi connectivity index (χ2n) is 12.1. The van der Waals surface area contributed by atoms with Crippen LogP contribution in [0.5, 0.6) is 0 Å². The highest BCUT2D eigenvalue weighted by Crippen LogP contribution is 2.45. The van der Waals surface area contributed by atoms with Crippen LogP contribution in [0, 0.1) is 0 Å². The summed E-state index contributed by atoms with van der Waals surface area (Å²) >= 11 is 0. The van der Waals surface area contributed by atoms with E-state index in [1.165, 1.54) is 0 Å². The van der Waals surface area contributed by atoms with E-state index in [0.29, 0.717) is 16.3 Å². The Morgan fingerprint density at radius 2 is 0.980 bits per heavy atom. The molecule has 10 aromatic rings. The highest BCUT2D eigenvalue weighted by molar-refractivity contribution is 6.22. The summed E-state index contributed by atoms with van der Waals surface area (Å²) in [5.41, 5.74) is 5.54. The fraction of sp³-hybridized carbons (Fsp3) is 0. The lowest BCUT2D eigenvalue weighted by molar-refractivity contribution is 0.673. The summed E-state index contributed by atoms with van der Waals surface area (Å²) < 4.78 is 84.9. The molecule has 0 fully saturated rings. The predicted molar refractivity (Wildman–Crippen MR) is 208 cm³/mol. The van der Waals surface area contributed by atoms with E-state index in [4.69, 9.17) is 14.0 Å². The fourth-order valence-corrected chi connectivity index (χ4v) is 7.29. The van der Waals surface area contributed by atoms with Gasteiger partial charge in [0.1, 0.15) is 11.2 Å². The molecule has 9 aromatic carbocycles. The first-order chi connectivity index (χ1) is 28.1. The summed E-state index contributed by atoms with van der Waals surface area (Å²) in [6, 6.07) is 37.7. The van der Waals surface area contributed by atoms with Crippen molar-refractivity contribution in [2.24, 2.45) is 0 Å². The molecule has 0 aliphatic rings. The number of furan rings is 1. The topological polar surface area (TPSA) is 13.1 Å². The zero-order valence-electron chi connectivity index (χ0n) is 35.0. The van der Waals surface area contributed by atoms with Gasteiger partial charge in [-0.25, -0.2) is 0 Å². The molecule has 49 heavy (non-hydrogen) atoms. The molecule has 0 atom stereocenters. The molecule has 0 aliphatic carbocycles. The maximum absolute atomic E-state index is 9.53. The Morgan fingerprint density at radius 1 is 0.388 bits per heavy atom. The number of hydrogen-bond acceptors (Lipinski definition) is 1. The second kappa shape index (κ2) is 11.1. The van der Waals surface area contributed by atoms with Gasteiger partial charge in [-0.05, 0) is 89.6 Å². The van der Waals surface area contributed by atoms with Gasteiger partial charge in [0.05, 0.1) is 12.3 Å². The largest absolute Gasteiger partial charge is 0.455 e. The van der Waals surface area contributed by atoms with Crippen molar-refractivity contribution in [3.8, 4) is 44.5 Å². The zero-order chi connectivity index (χ0) is 40.1. The van der Waals surface area contributed by atoms with Crippen molar-refractivity contribution >= 4 is 54.3 Å². The number of rotatable bonds is 4. The molecule has 10 rings (SSSR count). The van der Waals surface area contributed by atoms with E-state index in [0.717, 1.165) is 65.7 Å². The molecule has 0 spiro atoms. The van der Waals surface area contributed by atoms with Gasteiger partial charge < -0.3 is 4.42 Å². The van der Waals surface area contributed by atoms with E-state index in [9.17, 15) is 2.74 Å². The lowest BCUT2D eigenvalue weighted by atomic mass is 9.85. The van der Waals surface area contributed by atoms with Crippen molar-refractivity contribution in [1.29, 1.82) is 0 Å². The van der Waals surface area contributed by atoms with E-state index in [2.05, 4.69) is 54.6 Å². The van der Waals surface area contributed by atoms with Gasteiger partial charge in [0.15, 0.2) is 0 Å². The molecule has 0 saturated heterocycles. The molecular formula is C48H30O. The molecule has 228 valence electrons. The second-order valence-corrected chi connectivity index (χ2v) is 12.1. The van der Waals surface area contributed by atoms with Crippen molar-refractivity contribution in [2.75, 3.05) is 0 Å². The van der Waals surface area contributed by atoms with Gasteiger partial charge in [0, 0.05) is 16.2 Å². The molecule has 1 nitrogen and oxygen atoms in total. The standard InChI is InChI=1S/C48H30O/c1-2-12-31(13-3-1)35-15-10-16-36(30-35)46-41-20-8-6-18-39(41)45(40-19-7-9-21-42(40)46)34-26-24-33(25-27-34)37-22-11-23-44-47(37)43-29-28-32-14-4-5-17-38(32)48(43)49-44/h1-30H/i1D,2D,3D,10D,12D,13D,15D,16D,30D. The summed E-state index contributed by atoms with van der Waals surface area (Å²) in [6.45, 7) is 0. The van der Waals surface area contributed by atoms with Gasteiger partial charge in [-0.1, -0.05) is 164 Å². The van der Waals surface area contributed by atoms with Gasteiger partial charge in [-0.3, -0.25) is 0 Å². The average Bonchev–Trinajstić information content (AvgIpc) is 3.65. The quantitative estimate of drug-likeness (QED) is 0.176. The molecule has 1 heteroatoms. The molecule has 0 radical (unpaired) electrons. The van der Waals surface area contributed by atoms with E-state index in [1.54, 1.807) is 0 Å². The summed E-state index contributed by atoms with van der Waals surface area (Å²) in [6.07, 6.45) is 0. The van der Waals surface area contributed by atoms with Gasteiger partial charge >= 0.3 is 0 Å². The third kappa shape index (κ3) is 4.40. The third-order valence-electron chi connectivity index (χ3n) is 9.43. The average molecular weight is 632 g/mol. The molecular weight excluding hydrogens is 593 g/mol. The molecule has 1 heterocycles. The van der Waals surface area contributed by atoms with E-state index < -0.39 is 42.3 Å². The van der Waals surface area contributed by atoms with Crippen LogP contribution in [-0.4, -0.2) is 0 Å². The molecule has 0 saturated carbocycles. The molecule has 1 aromatic heterocycles. The minimum absolute atomic E-state index is 0.0466. The number of fused-ring (bicyclic) bond motifs is 7. The van der Waals surface area contributed by atoms with Crippen LogP contribution in [0.2, 0.25) is 0 Å². The highest BCUT2D eigenvalue weighted by atomic mass is 16.3. The first-order valence-electron chi connectivity index (χ1n) is 20.6. The lowest BCUT2D eigenvalue weighted by Gasteiger charge is -2.18. The summed E-state index contributed by atoms with van der Waals surface area (Å²) in [5, 5.41) is 7.35. The molecule has 0 N–H and O–H groups in total. The molecule has 0 bridgehead atoms. The Morgan fingerprint density at radius 3 is 1.69 bits per heavy atom. The first kappa shape index (κ1) is 20.0. The summed E-state index contributed by atoms with van der Waals surface area (Å²) in [4.78, 5) is 0. The number of hydrogen-bond donors (Lipinski definition) is 0. The highest BCUT2D eigenvalue weighted by Gasteiger charge is 2.18. The number of benzene rings is 9. The smallest absolute Gasteiger partial charge is 0.143 e. The normalized spacial score (nSPS) is 14.2. The minimum Gasteiger partial charge on any atom is -0.455 e. The maximum Gasteiger partial charge on any atom is 0.143 e. The van der Waals surface area contributed by atoms with Gasteiger partial charge in [-0.2, -0.15) is 0 Å². The van der Waals surface area contributed by atoms with Crippen LogP contribution in [0.3, 0.4) is 0 Å². The van der Waals surface area contributed by atoms with Crippen LogP contribution >= 0.6 is 0 Å². The van der Waals surface area contributed by atoms with Crippen molar-refractivity contribution in [1.82, 2.24) is 0 Å². The fourth-order valence-electron chi connectivity index (χ4n) is 7.29. The monoisotopic (exact) mass is 631 g/mol. The SMILES string of the molecule is [2H]c1c([2H])c([2H])c(-c2c([2H])c([2H])c([2H])c(-c3c4ccccc4c(-c4ccc(-c5cccc6oc7c8ccccc8ccc7c56)cc4)c4ccccc34)c2[2H])c([2H])c1[2H]. The Labute approximate surface area is 297 Å². The van der Waals surface area contributed by atoms with E-state index in [1.807, 2.05) is 72.8 Å². The van der Waals surface area contributed by atoms with Crippen LogP contribution in [0.25, 0.3) is 98.8 Å². The van der Waals surface area contributed by atoms with Crippen LogP contribution in [-0.2, 0) is 0 Å². The summed E-state index contributed by atoms with van der Waals surface area (Å²) in [7, 11) is 0. The Balaban J connectivity index is 1.20. The zero-order valence-corrected chi connectivity index (χ0v) is 26.0. The van der Waals surface area contributed by atoms with Crippen LogP contribution < -0.4 is 0 Å². The van der Waals surface area contributed by atoms with Crippen LogP contribution in [0.15, 0.2) is 186 Å². The minimum atomic E-state index is -0.604. The summed E-state index contributed by atoms with van der Waals surface area (Å²) in [5.74, 6) is 0. The van der Waals surface area contributed by atoms with Crippen LogP contribution in [0.1, 0.15) is 12.3 Å². The Kier molecular flexibility index (Phi) is 4.53. The molecule has 0 unspecified atom stereocenters. The van der Waals surface area contributed by atoms with Crippen molar-refractivity contribution in [3.63, 3.8) is 0 Å². The van der Waals surface area contributed by atoms with Gasteiger partial charge in [-0.15, -0.1) is 0 Å². The maximum atomic E-state index is 9.53. The van der Waals surface area contributed by atoms with Crippen LogP contribution in [0.4, 0.5) is 0 Å². The van der Waals surface area contributed by atoms with E-state index >= 15 is 0 Å². The predicted octanol–water partition coefficient (Wildman–Crippen LogP) is 13.7. The third-order valence-corrected chi connectivity index (χ3v) is 9.43. The molecule has 0 amide bonds.